The fourth-order valence-electron chi connectivity index (χ4n) is 6.45. The van der Waals surface area contributed by atoms with E-state index in [-0.39, 0.29) is 5.60 Å². The van der Waals surface area contributed by atoms with Gasteiger partial charge in [0.25, 0.3) is 0 Å². The van der Waals surface area contributed by atoms with Crippen molar-refractivity contribution >= 4 is 11.3 Å². The predicted octanol–water partition coefficient (Wildman–Crippen LogP) is 6.75. The van der Waals surface area contributed by atoms with E-state index in [1.807, 2.05) is 11.3 Å². The third-order valence-electron chi connectivity index (χ3n) is 7.33. The Balaban J connectivity index is 1.19. The third kappa shape index (κ3) is 5.09. The highest BCUT2D eigenvalue weighted by Crippen LogP contribution is 2.57. The van der Waals surface area contributed by atoms with Gasteiger partial charge < -0.3 is 9.84 Å². The molecule has 0 radical (unpaired) electrons. The lowest BCUT2D eigenvalue weighted by Crippen LogP contribution is -2.53. The van der Waals surface area contributed by atoms with Crippen molar-refractivity contribution in [2.45, 2.75) is 102 Å². The summed E-state index contributed by atoms with van der Waals surface area (Å²) in [4.78, 5) is 1.49. The van der Waals surface area contributed by atoms with Gasteiger partial charge in [-0.3, -0.25) is 0 Å². The maximum atomic E-state index is 8.81. The van der Waals surface area contributed by atoms with Gasteiger partial charge in [-0.15, -0.1) is 11.3 Å². The fraction of sp³-hybridized carbons (Fsp3) is 0.833. The molecule has 2 nitrogen and oxygen atoms in total. The van der Waals surface area contributed by atoms with E-state index < -0.39 is 0 Å². The van der Waals surface area contributed by atoms with E-state index in [2.05, 4.69) is 11.4 Å². The van der Waals surface area contributed by atoms with Crippen LogP contribution in [0.2, 0.25) is 0 Å². The smallest absolute Gasteiger partial charge is 0.134 e. The van der Waals surface area contributed by atoms with Gasteiger partial charge in [-0.05, 0) is 87.0 Å². The molecule has 4 bridgehead atoms. The Morgan fingerprint density at radius 2 is 1.41 bits per heavy atom. The topological polar surface area (TPSA) is 29.5 Å². The number of hydrogen-bond acceptors (Lipinski definition) is 3. The number of rotatable bonds is 12. The zero-order chi connectivity index (χ0) is 18.5. The molecule has 0 amide bonds. The van der Waals surface area contributed by atoms with Gasteiger partial charge in [-0.25, -0.2) is 0 Å². The van der Waals surface area contributed by atoms with Gasteiger partial charge in [0.1, 0.15) is 11.4 Å². The molecule has 0 aromatic carbocycles. The number of ether oxygens (including phenoxy) is 1. The second-order valence-electron chi connectivity index (χ2n) is 9.71. The van der Waals surface area contributed by atoms with E-state index in [0.717, 1.165) is 24.2 Å². The standard InChI is InChI=1S/C24H38O2S/c25-11-8-6-4-2-1-3-5-7-9-23-22(10-12-27-23)26-24-16-19-13-20(17-24)15-21(14-19)18-24/h10,12,19-21,25H,1-9,11,13-18H2. The van der Waals surface area contributed by atoms with Crippen LogP contribution in [0.1, 0.15) is 94.8 Å². The summed E-state index contributed by atoms with van der Waals surface area (Å²) in [6, 6.07) is 2.25. The van der Waals surface area contributed by atoms with E-state index in [4.69, 9.17) is 9.84 Å². The van der Waals surface area contributed by atoms with Crippen LogP contribution in [0, 0.1) is 17.8 Å². The Labute approximate surface area is 169 Å². The Hall–Kier alpha value is -0.540. The van der Waals surface area contributed by atoms with Crippen LogP contribution in [0.3, 0.4) is 0 Å². The lowest BCUT2D eigenvalue weighted by Gasteiger charge is -2.56. The summed E-state index contributed by atoms with van der Waals surface area (Å²) in [5.74, 6) is 4.09. The summed E-state index contributed by atoms with van der Waals surface area (Å²) in [7, 11) is 0. The van der Waals surface area contributed by atoms with E-state index in [0.29, 0.717) is 6.61 Å². The van der Waals surface area contributed by atoms with Crippen molar-refractivity contribution in [3.8, 4) is 5.75 Å². The summed E-state index contributed by atoms with van der Waals surface area (Å²) < 4.78 is 6.81. The minimum atomic E-state index is 0.194. The summed E-state index contributed by atoms with van der Waals surface area (Å²) in [6.07, 6.45) is 19.8. The summed E-state index contributed by atoms with van der Waals surface area (Å²) in [6.45, 7) is 0.356. The lowest BCUT2D eigenvalue weighted by molar-refractivity contribution is -0.107. The van der Waals surface area contributed by atoms with Crippen molar-refractivity contribution in [3.63, 3.8) is 0 Å². The molecule has 3 heteroatoms. The number of aliphatic hydroxyl groups excluding tert-OH is 1. The zero-order valence-corrected chi connectivity index (χ0v) is 17.8. The molecule has 0 atom stereocenters. The molecule has 4 aliphatic carbocycles. The number of thiophene rings is 1. The van der Waals surface area contributed by atoms with Crippen LogP contribution in [-0.2, 0) is 6.42 Å². The molecule has 4 saturated carbocycles. The maximum absolute atomic E-state index is 8.81. The molecule has 1 aromatic rings. The van der Waals surface area contributed by atoms with E-state index in [1.165, 1.54) is 101 Å². The average Bonchev–Trinajstić information content (AvgIpc) is 3.05. The molecule has 4 aliphatic rings. The Kier molecular flexibility index (Phi) is 6.81. The number of hydrogen-bond donors (Lipinski definition) is 1. The summed E-state index contributed by atoms with van der Waals surface area (Å²) in [5.41, 5.74) is 0.194. The molecule has 27 heavy (non-hydrogen) atoms. The molecule has 4 fully saturated rings. The first-order chi connectivity index (χ1) is 13.3. The first-order valence-electron chi connectivity index (χ1n) is 11.6. The van der Waals surface area contributed by atoms with Crippen molar-refractivity contribution in [3.05, 3.63) is 16.3 Å². The van der Waals surface area contributed by atoms with Crippen molar-refractivity contribution < 1.29 is 9.84 Å². The molecule has 0 unspecified atom stereocenters. The largest absolute Gasteiger partial charge is 0.486 e. The predicted molar refractivity (Wildman–Crippen MR) is 114 cm³/mol. The van der Waals surface area contributed by atoms with E-state index >= 15 is 0 Å². The number of unbranched alkanes of at least 4 members (excludes halogenated alkanes) is 7. The van der Waals surface area contributed by atoms with Gasteiger partial charge in [-0.2, -0.15) is 0 Å². The summed E-state index contributed by atoms with van der Waals surface area (Å²) >= 11 is 1.91. The van der Waals surface area contributed by atoms with Gasteiger partial charge in [0.2, 0.25) is 0 Å². The van der Waals surface area contributed by atoms with Crippen LogP contribution in [0.15, 0.2) is 11.4 Å². The van der Waals surface area contributed by atoms with Gasteiger partial charge in [0.05, 0.1) is 0 Å². The molecule has 5 rings (SSSR count). The molecule has 0 aliphatic heterocycles. The second-order valence-corrected chi connectivity index (χ2v) is 10.7. The number of aliphatic hydroxyl groups is 1. The number of aryl methyl sites for hydroxylation is 1. The molecular weight excluding hydrogens is 352 g/mol. The van der Waals surface area contributed by atoms with Crippen LogP contribution >= 0.6 is 11.3 Å². The highest BCUT2D eigenvalue weighted by Gasteiger charge is 2.52. The van der Waals surface area contributed by atoms with Crippen LogP contribution in [-0.4, -0.2) is 17.3 Å². The molecule has 1 aromatic heterocycles. The third-order valence-corrected chi connectivity index (χ3v) is 8.29. The van der Waals surface area contributed by atoms with Crippen LogP contribution in [0.25, 0.3) is 0 Å². The van der Waals surface area contributed by atoms with Gasteiger partial charge in [0, 0.05) is 11.5 Å². The quantitative estimate of drug-likeness (QED) is 0.400. The highest BCUT2D eigenvalue weighted by atomic mass is 32.1. The van der Waals surface area contributed by atoms with E-state index in [9.17, 15) is 0 Å². The minimum Gasteiger partial charge on any atom is -0.486 e. The molecule has 1 heterocycles. The monoisotopic (exact) mass is 390 g/mol. The molecule has 0 spiro atoms. The second kappa shape index (κ2) is 9.31. The van der Waals surface area contributed by atoms with Gasteiger partial charge in [-0.1, -0.05) is 38.5 Å². The zero-order valence-electron chi connectivity index (χ0n) is 17.0. The van der Waals surface area contributed by atoms with Crippen molar-refractivity contribution in [1.82, 2.24) is 0 Å². The minimum absolute atomic E-state index is 0.194. The average molecular weight is 391 g/mol. The Bertz CT molecular complexity index is 543. The van der Waals surface area contributed by atoms with Crippen molar-refractivity contribution in [2.24, 2.45) is 17.8 Å². The molecule has 0 saturated heterocycles. The SMILES string of the molecule is OCCCCCCCCCCc1sccc1OC12CC3CC(CC(C3)C1)C2. The normalized spacial score (nSPS) is 31.5. The van der Waals surface area contributed by atoms with Crippen LogP contribution in [0.4, 0.5) is 0 Å². The lowest BCUT2D eigenvalue weighted by atomic mass is 9.54. The van der Waals surface area contributed by atoms with E-state index in [1.54, 1.807) is 0 Å². The van der Waals surface area contributed by atoms with Crippen molar-refractivity contribution in [2.75, 3.05) is 6.61 Å². The Morgan fingerprint density at radius 1 is 0.852 bits per heavy atom. The molecule has 1 N–H and O–H groups in total. The van der Waals surface area contributed by atoms with Crippen LogP contribution in [0.5, 0.6) is 5.75 Å². The Morgan fingerprint density at radius 3 is 2.00 bits per heavy atom. The van der Waals surface area contributed by atoms with Crippen LogP contribution < -0.4 is 4.74 Å². The van der Waals surface area contributed by atoms with Gasteiger partial charge >= 0.3 is 0 Å². The summed E-state index contributed by atoms with van der Waals surface area (Å²) in [5, 5.41) is 11.1. The van der Waals surface area contributed by atoms with Gasteiger partial charge in [0.15, 0.2) is 0 Å². The maximum Gasteiger partial charge on any atom is 0.134 e. The van der Waals surface area contributed by atoms with Crippen molar-refractivity contribution in [1.29, 1.82) is 0 Å². The first-order valence-corrected chi connectivity index (χ1v) is 12.5. The molecular formula is C24H38O2S. The first kappa shape index (κ1) is 19.8. The highest BCUT2D eigenvalue weighted by molar-refractivity contribution is 7.10. The molecule has 152 valence electrons. The fourth-order valence-corrected chi connectivity index (χ4v) is 7.29.